The molecule has 1 spiro atoms. The van der Waals surface area contributed by atoms with Crippen molar-refractivity contribution in [2.45, 2.75) is 43.8 Å². The molecule has 0 N–H and O–H groups in total. The molecule has 0 unspecified atom stereocenters. The second-order valence-electron chi connectivity index (χ2n) is 7.12. The van der Waals surface area contributed by atoms with Crippen LogP contribution < -0.4 is 4.74 Å². The van der Waals surface area contributed by atoms with E-state index < -0.39 is 35.8 Å². The fraction of sp³-hybridized carbons (Fsp3) is 0.588. The SMILES string of the molecule is O=C(OC(C(F)(F)F)C(F)(F)F)N1CCC2(CC(Oc3cccc(F)c3)C2)C1. The highest BCUT2D eigenvalue weighted by Crippen LogP contribution is 2.50. The summed E-state index contributed by atoms with van der Waals surface area (Å²) in [5.41, 5.74) is -0.441. The van der Waals surface area contributed by atoms with E-state index in [9.17, 15) is 35.5 Å². The van der Waals surface area contributed by atoms with Gasteiger partial charge in [0.15, 0.2) is 0 Å². The molecule has 0 atom stereocenters. The number of carbonyl (C=O) groups is 1. The van der Waals surface area contributed by atoms with Gasteiger partial charge in [0, 0.05) is 19.2 Å². The van der Waals surface area contributed by atoms with E-state index in [4.69, 9.17) is 4.74 Å². The molecule has 1 aromatic carbocycles. The van der Waals surface area contributed by atoms with Crippen molar-refractivity contribution in [3.05, 3.63) is 30.1 Å². The van der Waals surface area contributed by atoms with Gasteiger partial charge < -0.3 is 14.4 Å². The quantitative estimate of drug-likeness (QED) is 0.673. The molecule has 1 aromatic rings. The van der Waals surface area contributed by atoms with Crippen LogP contribution in [0.4, 0.5) is 35.5 Å². The van der Waals surface area contributed by atoms with Crippen LogP contribution in [0.1, 0.15) is 19.3 Å². The number of ether oxygens (including phenoxy) is 2. The van der Waals surface area contributed by atoms with E-state index in [0.29, 0.717) is 25.0 Å². The molecule has 4 nitrogen and oxygen atoms in total. The topological polar surface area (TPSA) is 38.8 Å². The van der Waals surface area contributed by atoms with Crippen molar-refractivity contribution < 1.29 is 45.0 Å². The van der Waals surface area contributed by atoms with Gasteiger partial charge in [-0.05, 0) is 36.8 Å². The molecular weight excluding hydrogens is 399 g/mol. The third-order valence-corrected chi connectivity index (χ3v) is 4.93. The Morgan fingerprint density at radius 1 is 1.14 bits per heavy atom. The number of halogens is 7. The van der Waals surface area contributed by atoms with E-state index in [1.54, 1.807) is 6.07 Å². The lowest BCUT2D eigenvalue weighted by atomic mass is 9.66. The van der Waals surface area contributed by atoms with E-state index in [1.165, 1.54) is 18.2 Å². The Labute approximate surface area is 155 Å². The van der Waals surface area contributed by atoms with Crippen LogP contribution >= 0.6 is 0 Å². The summed E-state index contributed by atoms with van der Waals surface area (Å²) >= 11 is 0. The maximum Gasteiger partial charge on any atom is 0.434 e. The highest BCUT2D eigenvalue weighted by atomic mass is 19.4. The maximum absolute atomic E-state index is 13.1. The lowest BCUT2D eigenvalue weighted by Crippen LogP contribution is -2.49. The van der Waals surface area contributed by atoms with Gasteiger partial charge in [-0.1, -0.05) is 6.07 Å². The second kappa shape index (κ2) is 7.00. The molecule has 1 aliphatic carbocycles. The Morgan fingerprint density at radius 3 is 2.36 bits per heavy atom. The van der Waals surface area contributed by atoms with Gasteiger partial charge in [0.1, 0.15) is 11.6 Å². The Bertz CT molecular complexity index is 714. The fourth-order valence-electron chi connectivity index (χ4n) is 3.64. The lowest BCUT2D eigenvalue weighted by Gasteiger charge is -2.44. The lowest BCUT2D eigenvalue weighted by molar-refractivity contribution is -0.308. The molecule has 1 heterocycles. The average molecular weight is 415 g/mol. The Kier molecular flexibility index (Phi) is 5.13. The molecule has 3 rings (SSSR count). The normalized spacial score (nSPS) is 25.1. The molecule has 1 amide bonds. The number of likely N-dealkylation sites (tertiary alicyclic amines) is 1. The predicted octanol–water partition coefficient (Wildman–Crippen LogP) is 4.69. The molecule has 1 saturated heterocycles. The number of alkyl halides is 6. The maximum atomic E-state index is 13.1. The van der Waals surface area contributed by atoms with E-state index in [1.807, 2.05) is 0 Å². The zero-order valence-electron chi connectivity index (χ0n) is 14.3. The third kappa shape index (κ3) is 4.44. The van der Waals surface area contributed by atoms with Crippen LogP contribution in [0.2, 0.25) is 0 Å². The smallest absolute Gasteiger partial charge is 0.434 e. The summed E-state index contributed by atoms with van der Waals surface area (Å²) < 4.78 is 97.6. The van der Waals surface area contributed by atoms with Gasteiger partial charge in [-0.25, -0.2) is 9.18 Å². The average Bonchev–Trinajstić information content (AvgIpc) is 2.95. The predicted molar refractivity (Wildman–Crippen MR) is 81.1 cm³/mol. The van der Waals surface area contributed by atoms with E-state index in [2.05, 4.69) is 4.74 Å². The van der Waals surface area contributed by atoms with Gasteiger partial charge in [-0.3, -0.25) is 0 Å². The minimum atomic E-state index is -5.74. The van der Waals surface area contributed by atoms with Crippen molar-refractivity contribution in [2.24, 2.45) is 5.41 Å². The summed E-state index contributed by atoms with van der Waals surface area (Å²) in [5.74, 6) is -0.141. The molecule has 11 heteroatoms. The largest absolute Gasteiger partial charge is 0.490 e. The first-order chi connectivity index (χ1) is 12.9. The molecule has 2 aliphatic rings. The van der Waals surface area contributed by atoms with E-state index in [0.717, 1.165) is 4.90 Å². The zero-order chi connectivity index (χ0) is 20.7. The van der Waals surface area contributed by atoms with Crippen LogP contribution in [0.3, 0.4) is 0 Å². The summed E-state index contributed by atoms with van der Waals surface area (Å²) in [6.07, 6.45) is -16.2. The van der Waals surface area contributed by atoms with Crippen LogP contribution in [0.15, 0.2) is 24.3 Å². The first-order valence-corrected chi connectivity index (χ1v) is 8.39. The number of amides is 1. The van der Waals surface area contributed by atoms with Crippen molar-refractivity contribution in [2.75, 3.05) is 13.1 Å². The third-order valence-electron chi connectivity index (χ3n) is 4.93. The van der Waals surface area contributed by atoms with E-state index >= 15 is 0 Å². The summed E-state index contributed by atoms with van der Waals surface area (Å²) in [7, 11) is 0. The standard InChI is InChI=1S/C17H16F7NO3/c18-10-2-1-3-11(6-10)27-12-7-15(8-12)4-5-25(9-15)14(26)28-13(16(19,20)21)17(22,23)24/h1-3,6,12-13H,4-5,7-9H2. The van der Waals surface area contributed by atoms with Crippen LogP contribution in [-0.2, 0) is 4.74 Å². The fourth-order valence-corrected chi connectivity index (χ4v) is 3.64. The first kappa shape index (κ1) is 20.5. The number of nitrogens with zero attached hydrogens (tertiary/aromatic N) is 1. The van der Waals surface area contributed by atoms with Crippen molar-refractivity contribution >= 4 is 6.09 Å². The van der Waals surface area contributed by atoms with Gasteiger partial charge in [-0.15, -0.1) is 0 Å². The Balaban J connectivity index is 1.53. The second-order valence-corrected chi connectivity index (χ2v) is 7.12. The molecular formula is C17H16F7NO3. The Morgan fingerprint density at radius 2 is 1.79 bits per heavy atom. The monoisotopic (exact) mass is 415 g/mol. The van der Waals surface area contributed by atoms with Crippen LogP contribution in [0.5, 0.6) is 5.75 Å². The molecule has 1 saturated carbocycles. The number of hydrogen-bond donors (Lipinski definition) is 0. The van der Waals surface area contributed by atoms with Crippen molar-refractivity contribution in [3.8, 4) is 5.75 Å². The van der Waals surface area contributed by atoms with Crippen molar-refractivity contribution in [1.29, 1.82) is 0 Å². The van der Waals surface area contributed by atoms with Crippen LogP contribution in [0, 0.1) is 11.2 Å². The van der Waals surface area contributed by atoms with Gasteiger partial charge in [-0.2, -0.15) is 26.3 Å². The molecule has 2 fully saturated rings. The molecule has 156 valence electrons. The molecule has 28 heavy (non-hydrogen) atoms. The minimum Gasteiger partial charge on any atom is -0.490 e. The van der Waals surface area contributed by atoms with Crippen LogP contribution in [-0.4, -0.2) is 48.6 Å². The highest BCUT2D eigenvalue weighted by molar-refractivity contribution is 5.68. The van der Waals surface area contributed by atoms with Crippen LogP contribution in [0.25, 0.3) is 0 Å². The molecule has 1 aliphatic heterocycles. The van der Waals surface area contributed by atoms with E-state index in [-0.39, 0.29) is 19.2 Å². The minimum absolute atomic E-state index is 0.00600. The number of benzene rings is 1. The summed E-state index contributed by atoms with van der Waals surface area (Å²) in [6.45, 7) is -0.0226. The van der Waals surface area contributed by atoms with Gasteiger partial charge in [0.25, 0.3) is 6.10 Å². The number of hydrogen-bond acceptors (Lipinski definition) is 3. The molecule has 0 aromatic heterocycles. The Hall–Kier alpha value is -2.20. The molecule has 0 bridgehead atoms. The first-order valence-electron chi connectivity index (χ1n) is 8.39. The summed E-state index contributed by atoms with van der Waals surface area (Å²) in [5, 5.41) is 0. The summed E-state index contributed by atoms with van der Waals surface area (Å²) in [6, 6.07) is 5.51. The van der Waals surface area contributed by atoms with Crippen molar-refractivity contribution in [1.82, 2.24) is 4.90 Å². The van der Waals surface area contributed by atoms with Crippen molar-refractivity contribution in [3.63, 3.8) is 0 Å². The van der Waals surface area contributed by atoms with Gasteiger partial charge in [0.05, 0.1) is 6.10 Å². The van der Waals surface area contributed by atoms with Gasteiger partial charge >= 0.3 is 18.4 Å². The number of carbonyl (C=O) groups excluding carboxylic acids is 1. The molecule has 0 radical (unpaired) electrons. The highest BCUT2D eigenvalue weighted by Gasteiger charge is 2.61. The number of rotatable bonds is 3. The zero-order valence-corrected chi connectivity index (χ0v) is 14.3. The van der Waals surface area contributed by atoms with Gasteiger partial charge in [0.2, 0.25) is 0 Å². The summed E-state index contributed by atoms with van der Waals surface area (Å²) in [4.78, 5) is 12.7.